The second kappa shape index (κ2) is 8.62. The van der Waals surface area contributed by atoms with Gasteiger partial charge in [-0.3, -0.25) is 0 Å². The van der Waals surface area contributed by atoms with Crippen molar-refractivity contribution in [3.05, 3.63) is 121 Å². The van der Waals surface area contributed by atoms with E-state index in [0.29, 0.717) is 0 Å². The van der Waals surface area contributed by atoms with Gasteiger partial charge in [-0.2, -0.15) is 0 Å². The number of fused-ring (bicyclic) bond motifs is 6. The molecule has 0 N–H and O–H groups in total. The van der Waals surface area contributed by atoms with Crippen molar-refractivity contribution in [3.63, 3.8) is 0 Å². The molecule has 0 radical (unpaired) electrons. The Morgan fingerprint density at radius 1 is 0.590 bits per heavy atom. The molecule has 0 aliphatic carbocycles. The average Bonchev–Trinajstić information content (AvgIpc) is 3.56. The van der Waals surface area contributed by atoms with Crippen molar-refractivity contribution in [2.24, 2.45) is 0 Å². The van der Waals surface area contributed by atoms with Crippen LogP contribution in [0.3, 0.4) is 0 Å². The fourth-order valence-electron chi connectivity index (χ4n) is 5.59. The van der Waals surface area contributed by atoms with E-state index in [-0.39, 0.29) is 0 Å². The number of furan rings is 1. The molecular weight excluding hydrogens is 496 g/mol. The van der Waals surface area contributed by atoms with Crippen molar-refractivity contribution in [2.45, 2.75) is 6.92 Å². The molecule has 0 bridgehead atoms. The number of benzene rings is 5. The molecular formula is C35H22N2OS. The van der Waals surface area contributed by atoms with Crippen molar-refractivity contribution in [1.82, 2.24) is 9.97 Å². The lowest BCUT2D eigenvalue weighted by molar-refractivity contribution is 0.669. The summed E-state index contributed by atoms with van der Waals surface area (Å²) < 4.78 is 8.54. The van der Waals surface area contributed by atoms with Crippen LogP contribution in [0.1, 0.15) is 5.56 Å². The molecule has 3 aromatic heterocycles. The highest BCUT2D eigenvalue weighted by Gasteiger charge is 2.18. The van der Waals surface area contributed by atoms with Crippen LogP contribution in [0.15, 0.2) is 120 Å². The first kappa shape index (κ1) is 22.2. The van der Waals surface area contributed by atoms with E-state index in [0.717, 1.165) is 49.6 Å². The molecule has 5 aromatic carbocycles. The minimum absolute atomic E-state index is 0.746. The normalized spacial score (nSPS) is 11.7. The van der Waals surface area contributed by atoms with E-state index in [4.69, 9.17) is 14.4 Å². The summed E-state index contributed by atoms with van der Waals surface area (Å²) in [7, 11) is 0. The summed E-state index contributed by atoms with van der Waals surface area (Å²) in [6.45, 7) is 2.15. The number of aromatic nitrogens is 2. The van der Waals surface area contributed by atoms with E-state index in [1.54, 1.807) is 11.3 Å². The van der Waals surface area contributed by atoms with Crippen LogP contribution in [0.4, 0.5) is 0 Å². The third kappa shape index (κ3) is 3.49. The highest BCUT2D eigenvalue weighted by Crippen LogP contribution is 2.41. The molecule has 0 saturated heterocycles. The summed E-state index contributed by atoms with van der Waals surface area (Å²) in [4.78, 5) is 10.2. The smallest absolute Gasteiger partial charge is 0.160 e. The van der Waals surface area contributed by atoms with Crippen LogP contribution in [0.2, 0.25) is 0 Å². The van der Waals surface area contributed by atoms with E-state index in [2.05, 4.69) is 97.9 Å². The van der Waals surface area contributed by atoms with Gasteiger partial charge in [0, 0.05) is 32.0 Å². The highest BCUT2D eigenvalue weighted by atomic mass is 32.1. The topological polar surface area (TPSA) is 38.9 Å². The molecule has 0 fully saturated rings. The maximum absolute atomic E-state index is 6.21. The monoisotopic (exact) mass is 518 g/mol. The Kier molecular flexibility index (Phi) is 4.91. The predicted molar refractivity (Wildman–Crippen MR) is 163 cm³/mol. The molecule has 3 heterocycles. The maximum Gasteiger partial charge on any atom is 0.160 e. The minimum atomic E-state index is 0.746. The zero-order valence-corrected chi connectivity index (χ0v) is 22.0. The molecule has 39 heavy (non-hydrogen) atoms. The minimum Gasteiger partial charge on any atom is -0.456 e. The Hall–Kier alpha value is -4.80. The Morgan fingerprint density at radius 3 is 2.15 bits per heavy atom. The molecule has 0 aliphatic heterocycles. The van der Waals surface area contributed by atoms with Gasteiger partial charge in [-0.05, 0) is 41.8 Å². The molecule has 8 rings (SSSR count). The summed E-state index contributed by atoms with van der Waals surface area (Å²) in [5, 5.41) is 3.52. The molecule has 0 spiro atoms. The highest BCUT2D eigenvalue weighted by molar-refractivity contribution is 7.26. The van der Waals surface area contributed by atoms with Crippen LogP contribution in [0.25, 0.3) is 76.0 Å². The van der Waals surface area contributed by atoms with Gasteiger partial charge in [0.05, 0.1) is 15.9 Å². The number of hydrogen-bond acceptors (Lipinski definition) is 4. The van der Waals surface area contributed by atoms with Crippen molar-refractivity contribution in [2.75, 3.05) is 0 Å². The van der Waals surface area contributed by atoms with Gasteiger partial charge < -0.3 is 4.42 Å². The van der Waals surface area contributed by atoms with E-state index < -0.39 is 0 Å². The summed E-state index contributed by atoms with van der Waals surface area (Å²) >= 11 is 1.76. The predicted octanol–water partition coefficient (Wildman–Crippen LogP) is 10.1. The maximum atomic E-state index is 6.21. The zero-order chi connectivity index (χ0) is 25.9. The SMILES string of the molecule is Cc1cccc2oc3cccc(-c4ccc(-c5nc(-c6ccccc6)nc6c5sc5ccccc56)cc4)c3c12. The van der Waals surface area contributed by atoms with Crippen LogP contribution < -0.4 is 0 Å². The zero-order valence-electron chi connectivity index (χ0n) is 21.2. The van der Waals surface area contributed by atoms with Crippen molar-refractivity contribution < 1.29 is 4.42 Å². The fourth-order valence-corrected chi connectivity index (χ4v) is 6.74. The van der Waals surface area contributed by atoms with Crippen LogP contribution in [-0.4, -0.2) is 9.97 Å². The standard InChI is InChI=1S/C35H22N2OS/c1-21-9-7-14-27-30(21)31-25(13-8-15-28(31)38-27)22-17-19-23(20-18-22)32-34-33(26-12-5-6-16-29(26)39-34)37-35(36-32)24-10-3-2-4-11-24/h2-20H,1H3. The molecule has 0 saturated carbocycles. The largest absolute Gasteiger partial charge is 0.456 e. The van der Waals surface area contributed by atoms with Gasteiger partial charge in [0.1, 0.15) is 11.2 Å². The molecule has 4 heteroatoms. The van der Waals surface area contributed by atoms with Crippen LogP contribution in [0, 0.1) is 6.92 Å². The third-order valence-corrected chi connectivity index (χ3v) is 8.62. The summed E-state index contributed by atoms with van der Waals surface area (Å²) in [5.74, 6) is 0.746. The van der Waals surface area contributed by atoms with E-state index in [1.807, 2.05) is 24.3 Å². The fraction of sp³-hybridized carbons (Fsp3) is 0.0286. The second-order valence-electron chi connectivity index (χ2n) is 9.84. The Bertz CT molecular complexity index is 2170. The Balaban J connectivity index is 1.33. The Morgan fingerprint density at radius 2 is 1.31 bits per heavy atom. The third-order valence-electron chi connectivity index (χ3n) is 7.45. The lowest BCUT2D eigenvalue weighted by Crippen LogP contribution is -1.93. The molecule has 0 amide bonds. The van der Waals surface area contributed by atoms with Gasteiger partial charge in [-0.1, -0.05) is 97.1 Å². The number of rotatable bonds is 3. The second-order valence-corrected chi connectivity index (χ2v) is 10.9. The van der Waals surface area contributed by atoms with Gasteiger partial charge in [0.25, 0.3) is 0 Å². The molecule has 3 nitrogen and oxygen atoms in total. The number of nitrogens with zero attached hydrogens (tertiary/aromatic N) is 2. The summed E-state index contributed by atoms with van der Waals surface area (Å²) in [6, 6.07) is 40.0. The Labute approximate surface area is 229 Å². The van der Waals surface area contributed by atoms with Crippen molar-refractivity contribution in [3.8, 4) is 33.8 Å². The summed E-state index contributed by atoms with van der Waals surface area (Å²) in [6.07, 6.45) is 0. The lowest BCUT2D eigenvalue weighted by Gasteiger charge is -2.09. The summed E-state index contributed by atoms with van der Waals surface area (Å²) in [5.41, 5.74) is 9.45. The molecule has 184 valence electrons. The van der Waals surface area contributed by atoms with Crippen LogP contribution >= 0.6 is 11.3 Å². The van der Waals surface area contributed by atoms with E-state index in [9.17, 15) is 0 Å². The van der Waals surface area contributed by atoms with Crippen LogP contribution in [-0.2, 0) is 0 Å². The first-order valence-corrected chi connectivity index (χ1v) is 13.8. The number of aryl methyl sites for hydroxylation is 1. The van der Waals surface area contributed by atoms with Gasteiger partial charge in [0.15, 0.2) is 5.82 Å². The van der Waals surface area contributed by atoms with Crippen molar-refractivity contribution >= 4 is 53.6 Å². The number of thiophene rings is 1. The number of hydrogen-bond donors (Lipinski definition) is 0. The van der Waals surface area contributed by atoms with E-state index >= 15 is 0 Å². The first-order chi connectivity index (χ1) is 19.2. The van der Waals surface area contributed by atoms with Crippen molar-refractivity contribution in [1.29, 1.82) is 0 Å². The van der Waals surface area contributed by atoms with Gasteiger partial charge in [-0.25, -0.2) is 9.97 Å². The lowest BCUT2D eigenvalue weighted by atomic mass is 9.96. The molecule has 0 unspecified atom stereocenters. The molecule has 0 aliphatic rings. The quantitative estimate of drug-likeness (QED) is 0.234. The van der Waals surface area contributed by atoms with Gasteiger partial charge in [-0.15, -0.1) is 11.3 Å². The van der Waals surface area contributed by atoms with E-state index in [1.165, 1.54) is 32.0 Å². The molecule has 8 aromatic rings. The van der Waals surface area contributed by atoms with Gasteiger partial charge in [0.2, 0.25) is 0 Å². The first-order valence-electron chi connectivity index (χ1n) is 13.0. The van der Waals surface area contributed by atoms with Crippen LogP contribution in [0.5, 0.6) is 0 Å². The molecule has 0 atom stereocenters. The average molecular weight is 519 g/mol. The van der Waals surface area contributed by atoms with Gasteiger partial charge >= 0.3 is 0 Å².